The van der Waals surface area contributed by atoms with Crippen LogP contribution in [0.3, 0.4) is 0 Å². The standard InChI is InChI=1S/C28H32N6O2S/c1-18-3-5-23(20-4-6-24-22(15-20)31-27(37-24)19-7-11-32(2)12-8-19)34(17-18)28(36)26(35)30-21-9-13-33-14-10-29-25(33)16-21/h4,6,9-10,13-16,18-19,23H,3,5,7-8,11-12,17H2,1-2H3,(H,30,35)/t18-,23+/m0/s1. The highest BCUT2D eigenvalue weighted by molar-refractivity contribution is 7.18. The number of carbonyl (C=O) groups excluding carboxylic acids is 2. The van der Waals surface area contributed by atoms with Crippen LogP contribution in [0.15, 0.2) is 48.9 Å². The molecule has 2 saturated heterocycles. The number of nitrogens with one attached hydrogen (secondary N) is 1. The third-order valence-corrected chi connectivity index (χ3v) is 9.01. The van der Waals surface area contributed by atoms with Crippen LogP contribution in [0, 0.1) is 5.92 Å². The molecule has 2 aliphatic heterocycles. The quantitative estimate of drug-likeness (QED) is 0.400. The second kappa shape index (κ2) is 9.87. The van der Waals surface area contributed by atoms with Crippen LogP contribution in [0.5, 0.6) is 0 Å². The summed E-state index contributed by atoms with van der Waals surface area (Å²) in [6.45, 7) is 4.92. The number of piperidine rings is 2. The molecule has 0 saturated carbocycles. The fourth-order valence-corrected chi connectivity index (χ4v) is 6.74. The molecule has 0 aliphatic carbocycles. The summed E-state index contributed by atoms with van der Waals surface area (Å²) in [6.07, 6.45) is 9.49. The number of pyridine rings is 1. The molecule has 2 atom stereocenters. The van der Waals surface area contributed by atoms with Crippen LogP contribution >= 0.6 is 11.3 Å². The fourth-order valence-electron chi connectivity index (χ4n) is 5.63. The summed E-state index contributed by atoms with van der Waals surface area (Å²) in [7, 11) is 2.18. The molecule has 0 spiro atoms. The number of hydrogen-bond donors (Lipinski definition) is 1. The molecule has 6 rings (SSSR count). The predicted octanol–water partition coefficient (Wildman–Crippen LogP) is 4.69. The van der Waals surface area contributed by atoms with E-state index < -0.39 is 11.8 Å². The molecular weight excluding hydrogens is 484 g/mol. The van der Waals surface area contributed by atoms with E-state index in [1.807, 2.05) is 16.8 Å². The van der Waals surface area contributed by atoms with Crippen LogP contribution in [-0.4, -0.2) is 62.7 Å². The second-order valence-corrected chi connectivity index (χ2v) is 11.6. The highest BCUT2D eigenvalue weighted by Crippen LogP contribution is 2.38. The maximum atomic E-state index is 13.4. The average molecular weight is 517 g/mol. The van der Waals surface area contributed by atoms with Gasteiger partial charge >= 0.3 is 11.8 Å². The van der Waals surface area contributed by atoms with Gasteiger partial charge in [0.05, 0.1) is 21.3 Å². The number of aromatic nitrogens is 3. The van der Waals surface area contributed by atoms with Gasteiger partial charge in [-0.2, -0.15) is 0 Å². The van der Waals surface area contributed by atoms with E-state index in [9.17, 15) is 9.59 Å². The number of nitrogens with zero attached hydrogens (tertiary/aromatic N) is 5. The molecule has 2 aliphatic rings. The minimum Gasteiger partial charge on any atom is -0.327 e. The Bertz CT molecular complexity index is 1450. The van der Waals surface area contributed by atoms with Gasteiger partial charge in [-0.1, -0.05) is 13.0 Å². The molecule has 1 aromatic carbocycles. The van der Waals surface area contributed by atoms with Gasteiger partial charge in [0.15, 0.2) is 0 Å². The first-order valence-electron chi connectivity index (χ1n) is 13.1. The molecule has 1 N–H and O–H groups in total. The minimum absolute atomic E-state index is 0.137. The van der Waals surface area contributed by atoms with Gasteiger partial charge in [-0.15, -0.1) is 11.3 Å². The Hall–Kier alpha value is -3.30. The van der Waals surface area contributed by atoms with E-state index in [4.69, 9.17) is 4.98 Å². The first kappa shape index (κ1) is 24.1. The molecule has 4 aromatic rings. The SMILES string of the molecule is C[C@H]1CC[C@H](c2ccc3sc(C4CCN(C)CC4)nc3c2)N(C(=O)C(=O)Nc2ccn3ccnc3c2)C1. The number of hydrogen-bond acceptors (Lipinski definition) is 6. The lowest BCUT2D eigenvalue weighted by Crippen LogP contribution is -2.46. The topological polar surface area (TPSA) is 82.8 Å². The molecule has 3 aromatic heterocycles. The van der Waals surface area contributed by atoms with Crippen LogP contribution in [0.25, 0.3) is 15.9 Å². The van der Waals surface area contributed by atoms with Gasteiger partial charge in [0.1, 0.15) is 5.65 Å². The maximum Gasteiger partial charge on any atom is 0.313 e. The molecule has 0 radical (unpaired) electrons. The van der Waals surface area contributed by atoms with E-state index in [2.05, 4.69) is 47.4 Å². The van der Waals surface area contributed by atoms with Gasteiger partial charge in [-0.25, -0.2) is 9.97 Å². The zero-order valence-corrected chi connectivity index (χ0v) is 22.1. The molecule has 5 heterocycles. The third kappa shape index (κ3) is 4.85. The zero-order chi connectivity index (χ0) is 25.5. The number of carbonyl (C=O) groups is 2. The number of benzene rings is 1. The van der Waals surface area contributed by atoms with E-state index in [0.717, 1.165) is 49.9 Å². The van der Waals surface area contributed by atoms with E-state index in [-0.39, 0.29) is 6.04 Å². The van der Waals surface area contributed by atoms with E-state index >= 15 is 0 Å². The van der Waals surface area contributed by atoms with Crippen molar-refractivity contribution in [2.45, 2.75) is 44.6 Å². The number of fused-ring (bicyclic) bond motifs is 2. The molecular formula is C28H32N6O2S. The lowest BCUT2D eigenvalue weighted by atomic mass is 9.89. The van der Waals surface area contributed by atoms with Gasteiger partial charge in [0, 0.05) is 42.8 Å². The van der Waals surface area contributed by atoms with Gasteiger partial charge in [-0.05, 0) is 75.5 Å². The van der Waals surface area contributed by atoms with Crippen molar-refractivity contribution >= 4 is 44.7 Å². The monoisotopic (exact) mass is 516 g/mol. The smallest absolute Gasteiger partial charge is 0.313 e. The van der Waals surface area contributed by atoms with Gasteiger partial charge in [0.2, 0.25) is 0 Å². The predicted molar refractivity (Wildman–Crippen MR) is 146 cm³/mol. The average Bonchev–Trinajstić information content (AvgIpc) is 3.55. The summed E-state index contributed by atoms with van der Waals surface area (Å²) in [5.74, 6) is -0.247. The Morgan fingerprint density at radius 2 is 1.89 bits per heavy atom. The fraction of sp³-hybridized carbons (Fsp3) is 0.429. The van der Waals surface area contributed by atoms with Crippen molar-refractivity contribution < 1.29 is 9.59 Å². The van der Waals surface area contributed by atoms with E-state index in [1.165, 1.54) is 9.71 Å². The molecule has 9 heteroatoms. The summed E-state index contributed by atoms with van der Waals surface area (Å²) in [6, 6.07) is 9.79. The number of rotatable bonds is 3. The van der Waals surface area contributed by atoms with Crippen LogP contribution in [0.4, 0.5) is 5.69 Å². The Morgan fingerprint density at radius 1 is 1.05 bits per heavy atom. The maximum absolute atomic E-state index is 13.4. The Balaban J connectivity index is 1.22. The first-order valence-corrected chi connectivity index (χ1v) is 13.9. The van der Waals surface area contributed by atoms with Crippen molar-refractivity contribution in [3.63, 3.8) is 0 Å². The summed E-state index contributed by atoms with van der Waals surface area (Å²) in [4.78, 5) is 39.9. The van der Waals surface area contributed by atoms with Gasteiger partial charge < -0.3 is 19.5 Å². The van der Waals surface area contributed by atoms with Gasteiger partial charge in [-0.3, -0.25) is 9.59 Å². The highest BCUT2D eigenvalue weighted by atomic mass is 32.1. The van der Waals surface area contributed by atoms with Crippen molar-refractivity contribution in [1.29, 1.82) is 0 Å². The normalized spacial score (nSPS) is 21.5. The summed E-state index contributed by atoms with van der Waals surface area (Å²) in [5, 5.41) is 4.00. The Morgan fingerprint density at radius 3 is 2.73 bits per heavy atom. The van der Waals surface area contributed by atoms with Crippen LogP contribution in [0.1, 0.15) is 55.1 Å². The number of amides is 2. The molecule has 192 valence electrons. The van der Waals surface area contributed by atoms with E-state index in [0.29, 0.717) is 29.7 Å². The van der Waals surface area contributed by atoms with Crippen molar-refractivity contribution in [2.24, 2.45) is 5.92 Å². The van der Waals surface area contributed by atoms with Crippen LogP contribution in [0.2, 0.25) is 0 Å². The molecule has 0 unspecified atom stereocenters. The van der Waals surface area contributed by atoms with Crippen molar-refractivity contribution in [3.8, 4) is 0 Å². The number of thiazole rings is 1. The largest absolute Gasteiger partial charge is 0.327 e. The first-order chi connectivity index (χ1) is 17.9. The van der Waals surface area contributed by atoms with Crippen molar-refractivity contribution in [3.05, 3.63) is 59.5 Å². The highest BCUT2D eigenvalue weighted by Gasteiger charge is 2.34. The van der Waals surface area contributed by atoms with Crippen LogP contribution in [-0.2, 0) is 9.59 Å². The Kier molecular flexibility index (Phi) is 6.42. The number of likely N-dealkylation sites (tertiary alicyclic amines) is 2. The lowest BCUT2D eigenvalue weighted by molar-refractivity contribution is -0.146. The summed E-state index contributed by atoms with van der Waals surface area (Å²) in [5.41, 5.74) is 3.33. The lowest BCUT2D eigenvalue weighted by Gasteiger charge is -2.38. The van der Waals surface area contributed by atoms with Crippen molar-refractivity contribution in [2.75, 3.05) is 32.0 Å². The van der Waals surface area contributed by atoms with Gasteiger partial charge in [0.25, 0.3) is 0 Å². The zero-order valence-electron chi connectivity index (χ0n) is 21.3. The number of anilines is 1. The molecule has 0 bridgehead atoms. The van der Waals surface area contributed by atoms with Crippen LogP contribution < -0.4 is 5.32 Å². The Labute approximate surface area is 220 Å². The van der Waals surface area contributed by atoms with Crippen molar-refractivity contribution in [1.82, 2.24) is 24.2 Å². The third-order valence-electron chi connectivity index (χ3n) is 7.81. The summed E-state index contributed by atoms with van der Waals surface area (Å²) < 4.78 is 3.04. The second-order valence-electron chi connectivity index (χ2n) is 10.6. The molecule has 37 heavy (non-hydrogen) atoms. The summed E-state index contributed by atoms with van der Waals surface area (Å²) >= 11 is 1.79. The molecule has 8 nitrogen and oxygen atoms in total. The number of imidazole rings is 1. The van der Waals surface area contributed by atoms with E-state index in [1.54, 1.807) is 34.6 Å². The molecule has 2 amide bonds. The molecule has 2 fully saturated rings. The minimum atomic E-state index is -0.616.